The first-order chi connectivity index (χ1) is 7.72. The second-order valence-electron chi connectivity index (χ2n) is 7.05. The van der Waals surface area contributed by atoms with Gasteiger partial charge in [0.1, 0.15) is 0 Å². The summed E-state index contributed by atoms with van der Waals surface area (Å²) in [5, 5.41) is 8.42. The fourth-order valence-corrected chi connectivity index (χ4v) is 2.75. The van der Waals surface area contributed by atoms with Crippen LogP contribution in [0.1, 0.15) is 60.1 Å². The highest BCUT2D eigenvalue weighted by atomic mass is 15.4. The molecule has 0 atom stereocenters. The minimum absolute atomic E-state index is 0.283. The second-order valence-corrected chi connectivity index (χ2v) is 7.05. The van der Waals surface area contributed by atoms with Crippen LogP contribution in [0.2, 0.25) is 0 Å². The zero-order valence-corrected chi connectivity index (χ0v) is 12.2. The summed E-state index contributed by atoms with van der Waals surface area (Å²) >= 11 is 0. The molecule has 0 amide bonds. The lowest BCUT2D eigenvalue weighted by atomic mass is 9.74. The maximum absolute atomic E-state index is 4.26. The van der Waals surface area contributed by atoms with Crippen molar-refractivity contribution in [2.24, 2.45) is 10.8 Å². The fourth-order valence-electron chi connectivity index (χ4n) is 2.75. The number of hydrogen-bond donors (Lipinski definition) is 0. The Bertz CT molecular complexity index is 345. The topological polar surface area (TPSA) is 30.7 Å². The summed E-state index contributed by atoms with van der Waals surface area (Å²) < 4.78 is 1.95. The predicted octanol–water partition coefficient (Wildman–Crippen LogP) is 3.69. The van der Waals surface area contributed by atoms with E-state index in [9.17, 15) is 0 Å². The second kappa shape index (κ2) is 5.19. The van der Waals surface area contributed by atoms with Gasteiger partial charge in [0.05, 0.1) is 5.69 Å². The largest absolute Gasteiger partial charge is 0.252 e. The Hall–Kier alpha value is -0.860. The summed E-state index contributed by atoms with van der Waals surface area (Å²) in [6, 6.07) is 0. The molecule has 0 N–H and O–H groups in total. The van der Waals surface area contributed by atoms with Crippen molar-refractivity contribution in [2.45, 2.75) is 67.3 Å². The van der Waals surface area contributed by atoms with Gasteiger partial charge in [-0.1, -0.05) is 46.8 Å². The maximum Gasteiger partial charge on any atom is 0.0832 e. The van der Waals surface area contributed by atoms with Gasteiger partial charge in [-0.05, 0) is 30.1 Å². The van der Waals surface area contributed by atoms with Crippen LogP contribution in [0.15, 0.2) is 6.20 Å². The number of aryl methyl sites for hydroxylation is 1. The monoisotopic (exact) mass is 237 g/mol. The van der Waals surface area contributed by atoms with Gasteiger partial charge >= 0.3 is 0 Å². The van der Waals surface area contributed by atoms with Crippen LogP contribution in [0.4, 0.5) is 0 Å². The molecule has 0 saturated carbocycles. The van der Waals surface area contributed by atoms with E-state index in [1.807, 2.05) is 4.68 Å². The zero-order chi connectivity index (χ0) is 13.1. The summed E-state index contributed by atoms with van der Waals surface area (Å²) in [5.41, 5.74) is 1.77. The average Bonchev–Trinajstić information content (AvgIpc) is 2.47. The van der Waals surface area contributed by atoms with Crippen molar-refractivity contribution in [3.63, 3.8) is 0 Å². The SMILES string of the molecule is CCCn1cc(CC(C)(C)CC(C)(C)C)nn1. The standard InChI is InChI=1S/C14H27N3/c1-7-8-17-10-12(15-16-17)9-14(5,6)11-13(2,3)4/h10H,7-9,11H2,1-6H3. The molecular weight excluding hydrogens is 210 g/mol. The molecule has 0 saturated heterocycles. The summed E-state index contributed by atoms with van der Waals surface area (Å²) in [5.74, 6) is 0. The quantitative estimate of drug-likeness (QED) is 0.782. The normalized spacial score (nSPS) is 13.1. The van der Waals surface area contributed by atoms with Gasteiger partial charge in [0, 0.05) is 12.7 Å². The van der Waals surface area contributed by atoms with Crippen LogP contribution in [-0.4, -0.2) is 15.0 Å². The molecule has 0 radical (unpaired) electrons. The van der Waals surface area contributed by atoms with Crippen LogP contribution in [0.3, 0.4) is 0 Å². The van der Waals surface area contributed by atoms with Crippen LogP contribution in [0, 0.1) is 10.8 Å². The van der Waals surface area contributed by atoms with Gasteiger partial charge in [0.25, 0.3) is 0 Å². The van der Waals surface area contributed by atoms with Crippen LogP contribution < -0.4 is 0 Å². The molecule has 0 bridgehead atoms. The van der Waals surface area contributed by atoms with Crippen LogP contribution >= 0.6 is 0 Å². The van der Waals surface area contributed by atoms with E-state index in [4.69, 9.17) is 0 Å². The molecule has 0 aliphatic carbocycles. The van der Waals surface area contributed by atoms with E-state index in [0.717, 1.165) is 25.1 Å². The van der Waals surface area contributed by atoms with E-state index < -0.39 is 0 Å². The Morgan fingerprint density at radius 1 is 1.18 bits per heavy atom. The third-order valence-corrected chi connectivity index (χ3v) is 2.71. The van der Waals surface area contributed by atoms with E-state index in [0.29, 0.717) is 5.41 Å². The molecule has 3 nitrogen and oxygen atoms in total. The van der Waals surface area contributed by atoms with Gasteiger partial charge in [0.2, 0.25) is 0 Å². The van der Waals surface area contributed by atoms with Crippen LogP contribution in [-0.2, 0) is 13.0 Å². The zero-order valence-electron chi connectivity index (χ0n) is 12.2. The van der Waals surface area contributed by atoms with E-state index in [1.165, 1.54) is 6.42 Å². The molecule has 0 spiro atoms. The first-order valence-electron chi connectivity index (χ1n) is 6.61. The fraction of sp³-hybridized carbons (Fsp3) is 0.857. The first-order valence-corrected chi connectivity index (χ1v) is 6.61. The number of aromatic nitrogens is 3. The number of nitrogens with zero attached hydrogens (tertiary/aromatic N) is 3. The number of hydrogen-bond acceptors (Lipinski definition) is 2. The average molecular weight is 237 g/mol. The van der Waals surface area contributed by atoms with Crippen molar-refractivity contribution in [2.75, 3.05) is 0 Å². The Balaban J connectivity index is 2.62. The Kier molecular flexibility index (Phi) is 4.34. The molecule has 98 valence electrons. The molecule has 3 heteroatoms. The molecule has 1 rings (SSSR count). The lowest BCUT2D eigenvalue weighted by Gasteiger charge is -2.31. The molecule has 1 aromatic rings. The van der Waals surface area contributed by atoms with Crippen molar-refractivity contribution in [1.82, 2.24) is 15.0 Å². The molecule has 0 aliphatic heterocycles. The highest BCUT2D eigenvalue weighted by Crippen LogP contribution is 2.35. The van der Waals surface area contributed by atoms with Crippen molar-refractivity contribution < 1.29 is 0 Å². The third kappa shape index (κ3) is 5.33. The Morgan fingerprint density at radius 2 is 1.82 bits per heavy atom. The molecule has 0 aliphatic rings. The molecular formula is C14H27N3. The first kappa shape index (κ1) is 14.2. The molecule has 0 aromatic carbocycles. The lowest BCUT2D eigenvalue weighted by Crippen LogP contribution is -2.23. The van der Waals surface area contributed by atoms with Gasteiger partial charge in [-0.25, -0.2) is 0 Å². The lowest BCUT2D eigenvalue weighted by molar-refractivity contribution is 0.210. The minimum atomic E-state index is 0.283. The van der Waals surface area contributed by atoms with Gasteiger partial charge in [-0.2, -0.15) is 0 Å². The van der Waals surface area contributed by atoms with Gasteiger partial charge in [-0.3, -0.25) is 4.68 Å². The summed E-state index contributed by atoms with van der Waals surface area (Å²) in [4.78, 5) is 0. The highest BCUT2D eigenvalue weighted by Gasteiger charge is 2.26. The van der Waals surface area contributed by atoms with Crippen molar-refractivity contribution >= 4 is 0 Å². The third-order valence-electron chi connectivity index (χ3n) is 2.71. The van der Waals surface area contributed by atoms with E-state index >= 15 is 0 Å². The molecule has 1 aromatic heterocycles. The molecule has 17 heavy (non-hydrogen) atoms. The number of rotatable bonds is 5. The smallest absolute Gasteiger partial charge is 0.0832 e. The molecule has 0 unspecified atom stereocenters. The summed E-state index contributed by atoms with van der Waals surface area (Å²) in [6.07, 6.45) is 5.40. The predicted molar refractivity (Wildman–Crippen MR) is 71.9 cm³/mol. The highest BCUT2D eigenvalue weighted by molar-refractivity contribution is 4.97. The van der Waals surface area contributed by atoms with E-state index in [2.05, 4.69) is 58.1 Å². The summed E-state index contributed by atoms with van der Waals surface area (Å²) in [7, 11) is 0. The van der Waals surface area contributed by atoms with Crippen molar-refractivity contribution in [3.8, 4) is 0 Å². The van der Waals surface area contributed by atoms with Gasteiger partial charge in [-0.15, -0.1) is 5.10 Å². The summed E-state index contributed by atoms with van der Waals surface area (Å²) in [6.45, 7) is 14.6. The van der Waals surface area contributed by atoms with Gasteiger partial charge in [0.15, 0.2) is 0 Å². The van der Waals surface area contributed by atoms with E-state index in [1.54, 1.807) is 0 Å². The minimum Gasteiger partial charge on any atom is -0.252 e. The Labute approximate surface area is 106 Å². The van der Waals surface area contributed by atoms with Gasteiger partial charge < -0.3 is 0 Å². The van der Waals surface area contributed by atoms with Crippen molar-refractivity contribution in [1.29, 1.82) is 0 Å². The molecule has 1 heterocycles. The van der Waals surface area contributed by atoms with Crippen LogP contribution in [0.5, 0.6) is 0 Å². The Morgan fingerprint density at radius 3 is 2.35 bits per heavy atom. The maximum atomic E-state index is 4.26. The van der Waals surface area contributed by atoms with Crippen molar-refractivity contribution in [3.05, 3.63) is 11.9 Å². The van der Waals surface area contributed by atoms with E-state index in [-0.39, 0.29) is 5.41 Å². The van der Waals surface area contributed by atoms with Crippen LogP contribution in [0.25, 0.3) is 0 Å². The molecule has 0 fully saturated rings.